The predicted octanol–water partition coefficient (Wildman–Crippen LogP) is 4.01. The van der Waals surface area contributed by atoms with Gasteiger partial charge in [-0.25, -0.2) is 0 Å². The smallest absolute Gasteiger partial charge is 0.306 e. The van der Waals surface area contributed by atoms with Crippen LogP contribution in [0.1, 0.15) is 78.6 Å². The molecule has 0 aliphatic heterocycles. The van der Waals surface area contributed by atoms with Crippen LogP contribution < -0.4 is 0 Å². The van der Waals surface area contributed by atoms with Crippen LogP contribution in [-0.2, 0) is 19.1 Å². The Balaban J connectivity index is 3.52. The molecule has 1 atom stereocenters. The Labute approximate surface area is 123 Å². The Morgan fingerprint density at radius 1 is 0.900 bits per heavy atom. The van der Waals surface area contributed by atoms with Crippen LogP contribution >= 0.6 is 0 Å². The number of esters is 2. The van der Waals surface area contributed by atoms with Crippen LogP contribution in [-0.4, -0.2) is 24.6 Å². The minimum absolute atomic E-state index is 0.0246. The molecule has 0 spiro atoms. The van der Waals surface area contributed by atoms with Gasteiger partial charge in [-0.1, -0.05) is 39.5 Å². The first-order valence-corrected chi connectivity index (χ1v) is 7.95. The molecule has 118 valence electrons. The number of rotatable bonds is 12. The maximum Gasteiger partial charge on any atom is 0.306 e. The highest BCUT2D eigenvalue weighted by molar-refractivity contribution is 5.72. The zero-order valence-electron chi connectivity index (χ0n) is 13.3. The van der Waals surface area contributed by atoms with E-state index in [2.05, 4.69) is 13.8 Å². The van der Waals surface area contributed by atoms with Crippen LogP contribution in [0.3, 0.4) is 0 Å². The van der Waals surface area contributed by atoms with Gasteiger partial charge in [0.2, 0.25) is 0 Å². The van der Waals surface area contributed by atoms with Gasteiger partial charge in [0.15, 0.2) is 0 Å². The highest BCUT2D eigenvalue weighted by atomic mass is 16.5. The summed E-state index contributed by atoms with van der Waals surface area (Å²) < 4.78 is 10.3. The van der Waals surface area contributed by atoms with Gasteiger partial charge in [-0.05, 0) is 26.2 Å². The maximum atomic E-state index is 11.5. The van der Waals surface area contributed by atoms with Crippen molar-refractivity contribution in [1.29, 1.82) is 0 Å². The largest absolute Gasteiger partial charge is 0.466 e. The summed E-state index contributed by atoms with van der Waals surface area (Å²) >= 11 is 0. The Morgan fingerprint density at radius 2 is 1.55 bits per heavy atom. The summed E-state index contributed by atoms with van der Waals surface area (Å²) in [5.74, 6) is -0.430. The summed E-state index contributed by atoms with van der Waals surface area (Å²) in [6.07, 6.45) is 7.25. The average molecular weight is 286 g/mol. The minimum Gasteiger partial charge on any atom is -0.466 e. The van der Waals surface area contributed by atoms with Crippen molar-refractivity contribution in [2.75, 3.05) is 6.61 Å². The molecule has 20 heavy (non-hydrogen) atoms. The van der Waals surface area contributed by atoms with E-state index in [1.165, 1.54) is 0 Å². The standard InChI is InChI=1S/C16H30O4/c1-4-6-8-13-19-15(17)11-9-12-16(18)20-14(3)10-7-5-2/h14H,4-13H2,1-3H3. The van der Waals surface area contributed by atoms with Gasteiger partial charge >= 0.3 is 11.9 Å². The van der Waals surface area contributed by atoms with Gasteiger partial charge in [0.25, 0.3) is 0 Å². The summed E-state index contributed by atoms with van der Waals surface area (Å²) in [5.41, 5.74) is 0. The van der Waals surface area contributed by atoms with Gasteiger partial charge in [-0.2, -0.15) is 0 Å². The van der Waals surface area contributed by atoms with Crippen LogP contribution in [0.5, 0.6) is 0 Å². The molecule has 0 aliphatic carbocycles. The quantitative estimate of drug-likeness (QED) is 0.402. The number of carbonyl (C=O) groups is 2. The Hall–Kier alpha value is -1.06. The lowest BCUT2D eigenvalue weighted by atomic mass is 10.2. The first kappa shape index (κ1) is 18.9. The van der Waals surface area contributed by atoms with E-state index in [0.717, 1.165) is 38.5 Å². The Kier molecular flexibility index (Phi) is 12.3. The van der Waals surface area contributed by atoms with Crippen molar-refractivity contribution in [1.82, 2.24) is 0 Å². The van der Waals surface area contributed by atoms with Crippen molar-refractivity contribution >= 4 is 11.9 Å². The minimum atomic E-state index is -0.215. The molecule has 4 nitrogen and oxygen atoms in total. The molecule has 0 radical (unpaired) electrons. The van der Waals surface area contributed by atoms with E-state index in [1.807, 2.05) is 6.92 Å². The molecule has 0 fully saturated rings. The highest BCUT2D eigenvalue weighted by Crippen LogP contribution is 2.07. The molecular formula is C16H30O4. The third-order valence-electron chi connectivity index (χ3n) is 3.07. The fraction of sp³-hybridized carbons (Fsp3) is 0.875. The van der Waals surface area contributed by atoms with E-state index in [4.69, 9.17) is 9.47 Å². The van der Waals surface area contributed by atoms with Crippen LogP contribution in [0.15, 0.2) is 0 Å². The second-order valence-corrected chi connectivity index (χ2v) is 5.22. The highest BCUT2D eigenvalue weighted by Gasteiger charge is 2.10. The molecule has 0 saturated carbocycles. The molecule has 0 saturated heterocycles. The van der Waals surface area contributed by atoms with E-state index < -0.39 is 0 Å². The van der Waals surface area contributed by atoms with Crippen molar-refractivity contribution in [3.05, 3.63) is 0 Å². The summed E-state index contributed by atoms with van der Waals surface area (Å²) in [6, 6.07) is 0. The lowest BCUT2D eigenvalue weighted by Gasteiger charge is -2.12. The van der Waals surface area contributed by atoms with Gasteiger partial charge < -0.3 is 9.47 Å². The van der Waals surface area contributed by atoms with Crippen LogP contribution in [0.25, 0.3) is 0 Å². The van der Waals surface area contributed by atoms with Crippen molar-refractivity contribution < 1.29 is 19.1 Å². The second kappa shape index (κ2) is 12.9. The molecule has 0 aromatic rings. The second-order valence-electron chi connectivity index (χ2n) is 5.22. The van der Waals surface area contributed by atoms with Crippen molar-refractivity contribution in [2.24, 2.45) is 0 Å². The molecule has 0 aromatic carbocycles. The first-order chi connectivity index (χ1) is 9.60. The lowest BCUT2D eigenvalue weighted by Crippen LogP contribution is -2.15. The van der Waals surface area contributed by atoms with Crippen molar-refractivity contribution in [3.8, 4) is 0 Å². The van der Waals surface area contributed by atoms with E-state index >= 15 is 0 Å². The normalized spacial score (nSPS) is 11.9. The number of hydrogen-bond acceptors (Lipinski definition) is 4. The van der Waals surface area contributed by atoms with E-state index in [0.29, 0.717) is 25.9 Å². The molecule has 0 rings (SSSR count). The summed E-state index contributed by atoms with van der Waals surface area (Å²) in [4.78, 5) is 22.9. The van der Waals surface area contributed by atoms with E-state index in [1.54, 1.807) is 0 Å². The number of ether oxygens (including phenoxy) is 2. The van der Waals surface area contributed by atoms with Crippen LogP contribution in [0.4, 0.5) is 0 Å². The van der Waals surface area contributed by atoms with E-state index in [9.17, 15) is 9.59 Å². The van der Waals surface area contributed by atoms with Gasteiger partial charge in [-0.3, -0.25) is 9.59 Å². The fourth-order valence-electron chi connectivity index (χ4n) is 1.82. The lowest BCUT2D eigenvalue weighted by molar-refractivity contribution is -0.149. The first-order valence-electron chi connectivity index (χ1n) is 7.95. The van der Waals surface area contributed by atoms with Crippen LogP contribution in [0.2, 0.25) is 0 Å². The monoisotopic (exact) mass is 286 g/mol. The molecule has 0 aliphatic rings. The fourth-order valence-corrected chi connectivity index (χ4v) is 1.82. The van der Waals surface area contributed by atoms with Crippen molar-refractivity contribution in [2.45, 2.75) is 84.7 Å². The number of carbonyl (C=O) groups excluding carboxylic acids is 2. The third kappa shape index (κ3) is 12.0. The summed E-state index contributed by atoms with van der Waals surface area (Å²) in [5, 5.41) is 0. The van der Waals surface area contributed by atoms with Crippen molar-refractivity contribution in [3.63, 3.8) is 0 Å². The van der Waals surface area contributed by atoms with Gasteiger partial charge in [0.1, 0.15) is 0 Å². The predicted molar refractivity (Wildman–Crippen MR) is 79.4 cm³/mol. The topological polar surface area (TPSA) is 52.6 Å². The molecular weight excluding hydrogens is 256 g/mol. The average Bonchev–Trinajstić information content (AvgIpc) is 2.41. The third-order valence-corrected chi connectivity index (χ3v) is 3.07. The number of hydrogen-bond donors (Lipinski definition) is 0. The SMILES string of the molecule is CCCCCOC(=O)CCCC(=O)OC(C)CCCC. The molecule has 0 heterocycles. The van der Waals surface area contributed by atoms with Gasteiger partial charge in [-0.15, -0.1) is 0 Å². The molecule has 0 N–H and O–H groups in total. The summed E-state index contributed by atoms with van der Waals surface area (Å²) in [6.45, 7) is 6.62. The molecule has 0 amide bonds. The maximum absolute atomic E-state index is 11.5. The summed E-state index contributed by atoms with van der Waals surface area (Å²) in [7, 11) is 0. The van der Waals surface area contributed by atoms with E-state index in [-0.39, 0.29) is 18.0 Å². The Bertz CT molecular complexity index is 263. The molecule has 0 aromatic heterocycles. The van der Waals surface area contributed by atoms with Gasteiger partial charge in [0.05, 0.1) is 12.7 Å². The zero-order valence-corrected chi connectivity index (χ0v) is 13.3. The van der Waals surface area contributed by atoms with Crippen LogP contribution in [0, 0.1) is 0 Å². The molecule has 4 heteroatoms. The molecule has 0 bridgehead atoms. The van der Waals surface area contributed by atoms with Gasteiger partial charge in [0, 0.05) is 12.8 Å². The zero-order chi connectivity index (χ0) is 15.2. The molecule has 1 unspecified atom stereocenters. The number of unbranched alkanes of at least 4 members (excludes halogenated alkanes) is 3. The Morgan fingerprint density at radius 3 is 2.20 bits per heavy atom.